The summed E-state index contributed by atoms with van der Waals surface area (Å²) < 4.78 is 9.66. The van der Waals surface area contributed by atoms with Crippen molar-refractivity contribution < 1.29 is 24.2 Å². The summed E-state index contributed by atoms with van der Waals surface area (Å²) in [6, 6.07) is 4.68. The predicted molar refractivity (Wildman–Crippen MR) is 57.8 cm³/mol. The molecule has 0 radical (unpaired) electrons. The summed E-state index contributed by atoms with van der Waals surface area (Å²) in [5.74, 6) is -0.989. The molecule has 0 amide bonds. The quantitative estimate of drug-likeness (QED) is 0.617. The topological polar surface area (TPSA) is 72.8 Å². The molecule has 1 heterocycles. The van der Waals surface area contributed by atoms with E-state index in [0.29, 0.717) is 11.3 Å². The number of aromatic hydroxyl groups is 1. The second kappa shape index (κ2) is 4.45. The highest BCUT2D eigenvalue weighted by Crippen LogP contribution is 2.27. The first-order valence-corrected chi connectivity index (χ1v) is 5.17. The van der Waals surface area contributed by atoms with Crippen molar-refractivity contribution in [1.29, 1.82) is 0 Å². The highest BCUT2D eigenvalue weighted by molar-refractivity contribution is 6.04. The van der Waals surface area contributed by atoms with Crippen LogP contribution in [0.4, 0.5) is 0 Å². The van der Waals surface area contributed by atoms with E-state index in [9.17, 15) is 14.7 Å². The molecule has 1 fully saturated rings. The summed E-state index contributed by atoms with van der Waals surface area (Å²) in [6.07, 6.45) is 0.140. The number of Topliss-reactive ketones (excluding diaryl/α,β-unsaturated/α-hetero) is 1. The first kappa shape index (κ1) is 11.4. The molecule has 1 unspecified atom stereocenters. The molecule has 1 saturated heterocycles. The van der Waals surface area contributed by atoms with Crippen LogP contribution < -0.4 is 4.74 Å². The molecular formula is C12H12O5. The molecule has 1 atom stereocenters. The van der Waals surface area contributed by atoms with Gasteiger partial charge in [-0.15, -0.1) is 0 Å². The lowest BCUT2D eigenvalue weighted by Gasteiger charge is -2.08. The zero-order chi connectivity index (χ0) is 12.4. The number of rotatable bonds is 3. The van der Waals surface area contributed by atoms with Crippen LogP contribution in [0.2, 0.25) is 0 Å². The Morgan fingerprint density at radius 2 is 2.24 bits per heavy atom. The molecule has 90 valence electrons. The van der Waals surface area contributed by atoms with Gasteiger partial charge < -0.3 is 14.6 Å². The van der Waals surface area contributed by atoms with E-state index in [4.69, 9.17) is 4.74 Å². The number of esters is 1. The van der Waals surface area contributed by atoms with Gasteiger partial charge in [0, 0.05) is 0 Å². The van der Waals surface area contributed by atoms with Gasteiger partial charge in [-0.25, -0.2) is 0 Å². The van der Waals surface area contributed by atoms with Crippen LogP contribution in [0.5, 0.6) is 11.5 Å². The van der Waals surface area contributed by atoms with Crippen molar-refractivity contribution in [3.63, 3.8) is 0 Å². The molecule has 1 aliphatic rings. The predicted octanol–water partition coefficient (Wildman–Crippen LogP) is 0.685. The average Bonchev–Trinajstić information content (AvgIpc) is 2.63. The van der Waals surface area contributed by atoms with Gasteiger partial charge in [0.2, 0.25) is 0 Å². The minimum atomic E-state index is -0.812. The molecule has 1 aliphatic heterocycles. The third kappa shape index (κ3) is 2.22. The van der Waals surface area contributed by atoms with Crippen LogP contribution in [0, 0.1) is 5.92 Å². The van der Waals surface area contributed by atoms with Gasteiger partial charge in [-0.05, 0) is 30.2 Å². The summed E-state index contributed by atoms with van der Waals surface area (Å²) in [5, 5.41) is 9.64. The molecule has 1 aromatic carbocycles. The maximum absolute atomic E-state index is 11.4. The van der Waals surface area contributed by atoms with Gasteiger partial charge in [0.15, 0.2) is 12.4 Å². The number of phenolic OH excluding ortho intramolecular Hbond substituents is 1. The summed E-state index contributed by atoms with van der Waals surface area (Å²) in [4.78, 5) is 22.7. The molecule has 1 aromatic rings. The van der Waals surface area contributed by atoms with Gasteiger partial charge in [0.25, 0.3) is 0 Å². The van der Waals surface area contributed by atoms with Crippen LogP contribution in [0.25, 0.3) is 0 Å². The number of hydrogen-bond donors (Lipinski definition) is 1. The Morgan fingerprint density at radius 3 is 2.82 bits per heavy atom. The van der Waals surface area contributed by atoms with E-state index in [2.05, 4.69) is 4.74 Å². The van der Waals surface area contributed by atoms with Crippen molar-refractivity contribution in [3.05, 3.63) is 23.8 Å². The molecule has 17 heavy (non-hydrogen) atoms. The minimum absolute atomic E-state index is 0.0401. The highest BCUT2D eigenvalue weighted by Gasteiger charge is 2.35. The normalized spacial score (nSPS) is 19.2. The maximum atomic E-state index is 11.4. The standard InChI is InChI=1S/C12H12O5/c1-16-8-2-3-10(13)7(4-8)5-9-11(14)6-17-12(9)15/h2-4,9,13H,5-6H2,1H3. The Bertz CT molecular complexity index is 450. The molecule has 5 heteroatoms. The van der Waals surface area contributed by atoms with Crippen molar-refractivity contribution in [3.8, 4) is 11.5 Å². The lowest BCUT2D eigenvalue weighted by molar-refractivity contribution is -0.141. The van der Waals surface area contributed by atoms with Crippen molar-refractivity contribution in [2.45, 2.75) is 6.42 Å². The summed E-state index contributed by atoms with van der Waals surface area (Å²) in [6.45, 7) is -0.172. The van der Waals surface area contributed by atoms with E-state index in [1.807, 2.05) is 0 Å². The third-order valence-corrected chi connectivity index (χ3v) is 2.74. The third-order valence-electron chi connectivity index (χ3n) is 2.74. The fourth-order valence-electron chi connectivity index (χ4n) is 1.74. The second-order valence-electron chi connectivity index (χ2n) is 3.83. The zero-order valence-corrected chi connectivity index (χ0v) is 9.30. The molecular weight excluding hydrogens is 224 g/mol. The van der Waals surface area contributed by atoms with Crippen molar-refractivity contribution >= 4 is 11.8 Å². The number of ether oxygens (including phenoxy) is 2. The Kier molecular flexibility index (Phi) is 2.99. The van der Waals surface area contributed by atoms with Crippen LogP contribution in [0.15, 0.2) is 18.2 Å². The molecule has 0 saturated carbocycles. The van der Waals surface area contributed by atoms with Gasteiger partial charge in [0.1, 0.15) is 17.4 Å². The molecule has 0 spiro atoms. The van der Waals surface area contributed by atoms with Crippen LogP contribution in [0.3, 0.4) is 0 Å². The number of ketones is 1. The van der Waals surface area contributed by atoms with Crippen molar-refractivity contribution in [2.75, 3.05) is 13.7 Å². The van der Waals surface area contributed by atoms with E-state index in [1.54, 1.807) is 12.1 Å². The summed E-state index contributed by atoms with van der Waals surface area (Å²) in [7, 11) is 1.51. The van der Waals surface area contributed by atoms with Gasteiger partial charge in [-0.1, -0.05) is 0 Å². The molecule has 1 N–H and O–H groups in total. The number of hydrogen-bond acceptors (Lipinski definition) is 5. The molecule has 0 bridgehead atoms. The largest absolute Gasteiger partial charge is 0.508 e. The van der Waals surface area contributed by atoms with Gasteiger partial charge >= 0.3 is 5.97 Å². The lowest BCUT2D eigenvalue weighted by Crippen LogP contribution is -2.18. The van der Waals surface area contributed by atoms with Gasteiger partial charge in [0.05, 0.1) is 7.11 Å². The first-order chi connectivity index (χ1) is 8.11. The molecule has 2 rings (SSSR count). The van der Waals surface area contributed by atoms with Crippen LogP contribution >= 0.6 is 0 Å². The van der Waals surface area contributed by atoms with Gasteiger partial charge in [-0.3, -0.25) is 9.59 Å². The summed E-state index contributed by atoms with van der Waals surface area (Å²) in [5.41, 5.74) is 0.501. The average molecular weight is 236 g/mol. The Labute approximate surface area is 98.0 Å². The number of methoxy groups -OCH3 is 1. The Morgan fingerprint density at radius 1 is 1.47 bits per heavy atom. The number of benzene rings is 1. The van der Waals surface area contributed by atoms with E-state index in [1.165, 1.54) is 13.2 Å². The minimum Gasteiger partial charge on any atom is -0.508 e. The first-order valence-electron chi connectivity index (χ1n) is 5.17. The van der Waals surface area contributed by atoms with Crippen molar-refractivity contribution in [2.24, 2.45) is 5.92 Å². The smallest absolute Gasteiger partial charge is 0.317 e. The fourth-order valence-corrected chi connectivity index (χ4v) is 1.74. The van der Waals surface area contributed by atoms with E-state index >= 15 is 0 Å². The molecule has 5 nitrogen and oxygen atoms in total. The second-order valence-corrected chi connectivity index (χ2v) is 3.83. The number of carbonyl (C=O) groups excluding carboxylic acids is 2. The summed E-state index contributed by atoms with van der Waals surface area (Å²) >= 11 is 0. The van der Waals surface area contributed by atoms with Gasteiger partial charge in [-0.2, -0.15) is 0 Å². The van der Waals surface area contributed by atoms with Crippen LogP contribution in [0.1, 0.15) is 5.56 Å². The van der Waals surface area contributed by atoms with Crippen LogP contribution in [-0.2, 0) is 20.7 Å². The fraction of sp³-hybridized carbons (Fsp3) is 0.333. The highest BCUT2D eigenvalue weighted by atomic mass is 16.5. The number of cyclic esters (lactones) is 1. The Hall–Kier alpha value is -2.04. The number of carbonyl (C=O) groups is 2. The molecule has 0 aromatic heterocycles. The monoisotopic (exact) mass is 236 g/mol. The van der Waals surface area contributed by atoms with Crippen LogP contribution in [-0.4, -0.2) is 30.6 Å². The maximum Gasteiger partial charge on any atom is 0.317 e. The lowest BCUT2D eigenvalue weighted by atomic mass is 9.96. The number of phenols is 1. The van der Waals surface area contributed by atoms with E-state index in [-0.39, 0.29) is 24.6 Å². The molecule has 0 aliphatic carbocycles. The van der Waals surface area contributed by atoms with Crippen molar-refractivity contribution in [1.82, 2.24) is 0 Å². The SMILES string of the molecule is COc1ccc(O)c(CC2C(=O)COC2=O)c1. The van der Waals surface area contributed by atoms with E-state index < -0.39 is 11.9 Å². The van der Waals surface area contributed by atoms with E-state index in [0.717, 1.165) is 0 Å². The Balaban J connectivity index is 2.23. The zero-order valence-electron chi connectivity index (χ0n) is 9.30.